The highest BCUT2D eigenvalue weighted by molar-refractivity contribution is 7.90. The maximum Gasteiger partial charge on any atom is 0.410 e. The van der Waals surface area contributed by atoms with Crippen molar-refractivity contribution in [3.63, 3.8) is 0 Å². The smallest absolute Gasteiger partial charge is 0.410 e. The first-order chi connectivity index (χ1) is 30.7. The van der Waals surface area contributed by atoms with Crippen molar-refractivity contribution < 1.29 is 41.8 Å². The zero-order chi connectivity index (χ0) is 47.0. The van der Waals surface area contributed by atoms with Gasteiger partial charge in [-0.2, -0.15) is 0 Å². The number of hydrogen-bond acceptors (Lipinski definition) is 10. The lowest BCUT2D eigenvalue weighted by Gasteiger charge is -2.35. The molecule has 0 radical (unpaired) electrons. The Bertz CT molecular complexity index is 2450. The van der Waals surface area contributed by atoms with Gasteiger partial charge in [0.25, 0.3) is 10.0 Å². The molecule has 7 rings (SSSR count). The molecule has 350 valence electrons. The summed E-state index contributed by atoms with van der Waals surface area (Å²) in [6.07, 6.45) is 3.18. The number of guanidine groups is 1. The number of likely N-dealkylation sites (tertiary alicyclic amines) is 2. The van der Waals surface area contributed by atoms with Gasteiger partial charge in [-0.15, -0.1) is 0 Å². The molecule has 3 aromatic rings. The Morgan fingerprint density at radius 3 is 2.17 bits per heavy atom. The fourth-order valence-corrected chi connectivity index (χ4v) is 11.3. The minimum atomic E-state index is -4.12. The highest BCUT2D eigenvalue weighted by Crippen LogP contribution is 2.45. The number of nitrogens with one attached hydrogen (secondary N) is 2. The summed E-state index contributed by atoms with van der Waals surface area (Å²) in [4.78, 5) is 62.8. The number of ether oxygens (including phenoxy) is 3. The van der Waals surface area contributed by atoms with Crippen LogP contribution in [0.1, 0.15) is 119 Å². The van der Waals surface area contributed by atoms with Gasteiger partial charge in [0.2, 0.25) is 17.8 Å². The van der Waals surface area contributed by atoms with Crippen molar-refractivity contribution in [3.05, 3.63) is 81.9 Å². The maximum absolute atomic E-state index is 14.2. The number of aliphatic imine (C=N–C) groups is 1. The number of hydrogen-bond donors (Lipinski definition) is 3. The number of amides is 3. The van der Waals surface area contributed by atoms with Gasteiger partial charge in [0.15, 0.2) is 0 Å². The van der Waals surface area contributed by atoms with Crippen molar-refractivity contribution in [2.75, 3.05) is 26.2 Å². The van der Waals surface area contributed by atoms with Crippen molar-refractivity contribution in [2.24, 2.45) is 10.7 Å². The molecule has 15 nitrogen and oxygen atoms in total. The van der Waals surface area contributed by atoms with Gasteiger partial charge in [0.1, 0.15) is 41.7 Å². The molecule has 65 heavy (non-hydrogen) atoms. The zero-order valence-electron chi connectivity index (χ0n) is 38.9. The molecule has 4 N–H and O–H groups in total. The fraction of sp³-hybridized carbons (Fsp3) is 0.531. The monoisotopic (exact) mass is 912 g/mol. The van der Waals surface area contributed by atoms with Gasteiger partial charge in [-0.3, -0.25) is 19.5 Å². The lowest BCUT2D eigenvalue weighted by Crippen LogP contribution is -2.55. The molecule has 3 atom stereocenters. The third-order valence-electron chi connectivity index (χ3n) is 13.1. The summed E-state index contributed by atoms with van der Waals surface area (Å²) in [6, 6.07) is 13.4. The van der Waals surface area contributed by atoms with E-state index in [0.717, 1.165) is 45.6 Å². The first kappa shape index (κ1) is 47.3. The van der Waals surface area contributed by atoms with Gasteiger partial charge < -0.3 is 30.2 Å². The number of sulfonamides is 1. The number of nitrogens with zero attached hydrogens (tertiary/aromatic N) is 3. The largest absolute Gasteiger partial charge is 0.487 e. The van der Waals surface area contributed by atoms with E-state index < -0.39 is 51.7 Å². The molecule has 0 spiro atoms. The number of esters is 1. The zero-order valence-corrected chi connectivity index (χ0v) is 39.7. The second-order valence-electron chi connectivity index (χ2n) is 19.3. The summed E-state index contributed by atoms with van der Waals surface area (Å²) < 4.78 is 47.8. The summed E-state index contributed by atoms with van der Waals surface area (Å²) in [5.41, 5.74) is 12.1. The third kappa shape index (κ3) is 10.1. The Kier molecular flexibility index (Phi) is 13.6. The molecule has 2 saturated heterocycles. The average Bonchev–Trinajstić information content (AvgIpc) is 4.00. The third-order valence-corrected chi connectivity index (χ3v) is 14.7. The van der Waals surface area contributed by atoms with E-state index in [1.54, 1.807) is 34.6 Å². The molecule has 0 unspecified atom stereocenters. The highest BCUT2D eigenvalue weighted by atomic mass is 32.2. The van der Waals surface area contributed by atoms with Crippen LogP contribution in [0.3, 0.4) is 0 Å². The number of rotatable bonds is 12. The second kappa shape index (κ2) is 18.7. The number of nitrogens with two attached hydrogens (primary N) is 1. The maximum atomic E-state index is 14.2. The van der Waals surface area contributed by atoms with Gasteiger partial charge in [0.05, 0.1) is 4.90 Å². The van der Waals surface area contributed by atoms with Crippen LogP contribution in [0.2, 0.25) is 0 Å². The summed E-state index contributed by atoms with van der Waals surface area (Å²) >= 11 is 0. The SMILES string of the molecule is Cc1c(C)c(S(=O)(=O)NC(N)=NCCC[C@H](NC(=O)[C@@H]2CCCN2C(=O)[C@@H]2CCCN2C(=O)OCC2c3ccccc3-c3ccccc32)C(=O)OC(C)(C)C)c(C)c2c1OC(C)(C)CC2. The highest BCUT2D eigenvalue weighted by Gasteiger charge is 2.44. The number of carbonyl (C=O) groups excluding carboxylic acids is 4. The van der Waals surface area contributed by atoms with Crippen LogP contribution in [-0.2, 0) is 40.3 Å². The number of carbonyl (C=O) groups is 4. The lowest BCUT2D eigenvalue weighted by molar-refractivity contribution is -0.159. The molecule has 2 fully saturated rings. The normalized spacial score (nSPS) is 19.7. The second-order valence-corrected chi connectivity index (χ2v) is 20.9. The predicted molar refractivity (Wildman–Crippen MR) is 247 cm³/mol. The lowest BCUT2D eigenvalue weighted by atomic mass is 9.88. The van der Waals surface area contributed by atoms with E-state index in [4.69, 9.17) is 19.9 Å². The minimum Gasteiger partial charge on any atom is -0.487 e. The summed E-state index contributed by atoms with van der Waals surface area (Å²) in [5.74, 6) is -1.21. The first-order valence-electron chi connectivity index (χ1n) is 22.8. The van der Waals surface area contributed by atoms with Gasteiger partial charge in [0, 0.05) is 25.6 Å². The van der Waals surface area contributed by atoms with E-state index in [1.165, 1.54) is 9.80 Å². The van der Waals surface area contributed by atoms with Gasteiger partial charge in [-0.1, -0.05) is 48.5 Å². The van der Waals surface area contributed by atoms with Gasteiger partial charge >= 0.3 is 12.1 Å². The Balaban J connectivity index is 0.970. The topological polar surface area (TPSA) is 199 Å². The van der Waals surface area contributed by atoms with Crippen molar-refractivity contribution in [3.8, 4) is 16.9 Å². The molecule has 16 heteroatoms. The fourth-order valence-electron chi connectivity index (χ4n) is 9.77. The van der Waals surface area contributed by atoms with E-state index in [1.807, 2.05) is 45.0 Å². The van der Waals surface area contributed by atoms with E-state index in [-0.39, 0.29) is 54.3 Å². The Morgan fingerprint density at radius 2 is 1.52 bits per heavy atom. The quantitative estimate of drug-likeness (QED) is 0.0800. The molecule has 0 bridgehead atoms. The molecule has 0 aromatic heterocycles. The molecule has 3 amide bonds. The minimum absolute atomic E-state index is 0.0368. The van der Waals surface area contributed by atoms with Crippen LogP contribution in [0.5, 0.6) is 5.75 Å². The molecule has 4 aliphatic rings. The van der Waals surface area contributed by atoms with Crippen molar-refractivity contribution in [1.82, 2.24) is 19.8 Å². The van der Waals surface area contributed by atoms with Crippen LogP contribution in [-0.4, -0.2) is 104 Å². The Morgan fingerprint density at radius 1 is 0.908 bits per heavy atom. The number of benzene rings is 3. The summed E-state index contributed by atoms with van der Waals surface area (Å²) in [7, 11) is -4.12. The summed E-state index contributed by atoms with van der Waals surface area (Å²) in [5, 5.41) is 2.84. The molecule has 3 aromatic carbocycles. The average molecular weight is 913 g/mol. The van der Waals surface area contributed by atoms with Gasteiger partial charge in [-0.25, -0.2) is 22.7 Å². The molecular weight excluding hydrogens is 849 g/mol. The van der Waals surface area contributed by atoms with Crippen LogP contribution < -0.4 is 20.5 Å². The molecular formula is C49H64N6O9S. The molecule has 3 heterocycles. The number of fused-ring (bicyclic) bond motifs is 4. The van der Waals surface area contributed by atoms with Crippen molar-refractivity contribution in [2.45, 2.75) is 147 Å². The van der Waals surface area contributed by atoms with E-state index >= 15 is 0 Å². The van der Waals surface area contributed by atoms with Crippen LogP contribution in [0.4, 0.5) is 4.79 Å². The van der Waals surface area contributed by atoms with E-state index in [0.29, 0.717) is 56.3 Å². The van der Waals surface area contributed by atoms with Gasteiger partial charge in [-0.05, 0) is 151 Å². The first-order valence-corrected chi connectivity index (χ1v) is 24.3. The Hall–Kier alpha value is -5.64. The van der Waals surface area contributed by atoms with Crippen molar-refractivity contribution in [1.29, 1.82) is 0 Å². The molecule has 0 saturated carbocycles. The molecule has 3 aliphatic heterocycles. The standard InChI is InChI=1S/C49H64N6O9S/c1-29-30(2)42(31(3)32-23-24-49(7,8)63-41(29)32)65(60,61)53-46(50)51-25-13-20-38(45(58)64-48(4,5)6)52-43(56)39-21-14-26-54(39)44(57)40-22-15-27-55(40)47(59)62-28-37-35-18-11-9-16-33(35)34-17-10-12-19-36(34)37/h9-12,16-19,37-40H,13-15,20-28H2,1-8H3,(H,52,56)(H3,50,51,53)/t38-,39-,40-/m0/s1. The van der Waals surface area contributed by atoms with Crippen LogP contribution in [0.25, 0.3) is 11.1 Å². The van der Waals surface area contributed by atoms with E-state index in [2.05, 4.69) is 39.3 Å². The Labute approximate surface area is 382 Å². The van der Waals surface area contributed by atoms with Crippen molar-refractivity contribution >= 4 is 39.9 Å². The van der Waals surface area contributed by atoms with Crippen LogP contribution in [0.15, 0.2) is 58.4 Å². The van der Waals surface area contributed by atoms with Crippen LogP contribution >= 0.6 is 0 Å². The molecule has 1 aliphatic carbocycles. The predicted octanol–water partition coefficient (Wildman–Crippen LogP) is 6.32. The summed E-state index contributed by atoms with van der Waals surface area (Å²) in [6.45, 7) is 15.4. The van der Waals surface area contributed by atoms with E-state index in [9.17, 15) is 27.6 Å². The van der Waals surface area contributed by atoms with Crippen LogP contribution in [0, 0.1) is 20.8 Å².